The van der Waals surface area contributed by atoms with Crippen LogP contribution in [0.25, 0.3) is 5.69 Å². The Kier molecular flexibility index (Phi) is 4.45. The molecule has 0 unspecified atom stereocenters. The molecular formula is C19H13FN4O. The van der Waals surface area contributed by atoms with E-state index < -0.39 is 5.82 Å². The van der Waals surface area contributed by atoms with Gasteiger partial charge in [0, 0.05) is 6.20 Å². The number of ether oxygens (including phenoxy) is 1. The Morgan fingerprint density at radius 1 is 1.20 bits per heavy atom. The number of hydrogen-bond donors (Lipinski definition) is 0. The summed E-state index contributed by atoms with van der Waals surface area (Å²) in [5.41, 5.74) is 2.42. The van der Waals surface area contributed by atoms with Gasteiger partial charge < -0.3 is 4.74 Å². The number of aromatic nitrogens is 3. The van der Waals surface area contributed by atoms with Gasteiger partial charge >= 0.3 is 0 Å². The highest BCUT2D eigenvalue weighted by Crippen LogP contribution is 2.26. The van der Waals surface area contributed by atoms with Crippen molar-refractivity contribution in [1.82, 2.24) is 14.8 Å². The van der Waals surface area contributed by atoms with Crippen molar-refractivity contribution >= 4 is 0 Å². The molecule has 0 aliphatic heterocycles. The number of pyridine rings is 1. The minimum atomic E-state index is -0.523. The molecule has 2 heterocycles. The third kappa shape index (κ3) is 3.34. The normalized spacial score (nSPS) is 9.84. The minimum absolute atomic E-state index is 0.200. The fourth-order valence-corrected chi connectivity index (χ4v) is 2.34. The van der Waals surface area contributed by atoms with Gasteiger partial charge in [-0.2, -0.15) is 15.0 Å². The number of methoxy groups -OCH3 is 1. The first kappa shape index (κ1) is 16.2. The van der Waals surface area contributed by atoms with Gasteiger partial charge in [-0.25, -0.2) is 9.37 Å². The fourth-order valence-electron chi connectivity index (χ4n) is 2.34. The number of hydrogen-bond acceptors (Lipinski definition) is 4. The molecule has 0 N–H and O–H groups in total. The van der Waals surface area contributed by atoms with Gasteiger partial charge in [0.1, 0.15) is 17.1 Å². The summed E-state index contributed by atoms with van der Waals surface area (Å²) in [5.74, 6) is 5.80. The lowest BCUT2D eigenvalue weighted by Gasteiger charge is -2.07. The van der Waals surface area contributed by atoms with Crippen molar-refractivity contribution in [3.05, 3.63) is 70.9 Å². The first-order valence-electron chi connectivity index (χ1n) is 7.40. The number of nitrogens with zero attached hydrogens (tertiary/aromatic N) is 4. The highest BCUT2D eigenvalue weighted by molar-refractivity contribution is 5.53. The van der Waals surface area contributed by atoms with Gasteiger partial charge in [0.15, 0.2) is 0 Å². The lowest BCUT2D eigenvalue weighted by molar-refractivity contribution is 0.382. The third-order valence-electron chi connectivity index (χ3n) is 3.45. The summed E-state index contributed by atoms with van der Waals surface area (Å²) >= 11 is 0. The molecule has 0 saturated carbocycles. The van der Waals surface area contributed by atoms with Crippen molar-refractivity contribution in [3.8, 4) is 29.5 Å². The molecule has 25 heavy (non-hydrogen) atoms. The summed E-state index contributed by atoms with van der Waals surface area (Å²) in [6.45, 7) is 1.78. The summed E-state index contributed by atoms with van der Waals surface area (Å²) < 4.78 is 20.6. The molecule has 0 radical (unpaired) electrons. The van der Waals surface area contributed by atoms with Crippen molar-refractivity contribution in [2.45, 2.75) is 6.92 Å². The van der Waals surface area contributed by atoms with Crippen molar-refractivity contribution in [2.75, 3.05) is 7.11 Å². The molecule has 3 rings (SSSR count). The van der Waals surface area contributed by atoms with Gasteiger partial charge in [-0.15, -0.1) is 0 Å². The summed E-state index contributed by atoms with van der Waals surface area (Å²) in [7, 11) is 1.49. The summed E-state index contributed by atoms with van der Waals surface area (Å²) in [6, 6.07) is 11.4. The summed E-state index contributed by atoms with van der Waals surface area (Å²) in [4.78, 5) is 4.15. The van der Waals surface area contributed by atoms with Crippen LogP contribution >= 0.6 is 0 Å². The van der Waals surface area contributed by atoms with E-state index in [9.17, 15) is 4.39 Å². The topological polar surface area (TPSA) is 63.7 Å². The maximum absolute atomic E-state index is 13.7. The monoisotopic (exact) mass is 332 g/mol. The minimum Gasteiger partial charge on any atom is -0.480 e. The summed E-state index contributed by atoms with van der Waals surface area (Å²) in [5, 5.41) is 13.4. The van der Waals surface area contributed by atoms with Crippen molar-refractivity contribution in [3.63, 3.8) is 0 Å². The van der Waals surface area contributed by atoms with Crippen LogP contribution in [0.2, 0.25) is 0 Å². The van der Waals surface area contributed by atoms with E-state index in [0.717, 1.165) is 6.07 Å². The van der Waals surface area contributed by atoms with Crippen LogP contribution in [0.3, 0.4) is 0 Å². The van der Waals surface area contributed by atoms with E-state index in [1.165, 1.54) is 23.9 Å². The van der Waals surface area contributed by atoms with E-state index in [4.69, 9.17) is 10.00 Å². The van der Waals surface area contributed by atoms with Crippen LogP contribution in [0.5, 0.6) is 5.88 Å². The zero-order valence-electron chi connectivity index (χ0n) is 13.6. The van der Waals surface area contributed by atoms with E-state index in [2.05, 4.69) is 21.9 Å². The Balaban J connectivity index is 2.11. The molecule has 122 valence electrons. The van der Waals surface area contributed by atoms with E-state index in [-0.39, 0.29) is 5.56 Å². The molecule has 0 spiro atoms. The maximum Gasteiger partial charge on any atom is 0.232 e. The van der Waals surface area contributed by atoms with Crippen LogP contribution < -0.4 is 4.74 Å². The Labute approximate surface area is 144 Å². The molecule has 0 aliphatic rings. The van der Waals surface area contributed by atoms with Crippen LogP contribution in [-0.2, 0) is 0 Å². The SMILES string of the molecule is COc1c(C#Cc2ccccn2)c(C)nn1-c1cc(F)cc(C#N)c1. The van der Waals surface area contributed by atoms with Gasteiger partial charge in [0.2, 0.25) is 5.88 Å². The lowest BCUT2D eigenvalue weighted by atomic mass is 10.2. The Morgan fingerprint density at radius 2 is 2.04 bits per heavy atom. The molecule has 0 fully saturated rings. The van der Waals surface area contributed by atoms with Crippen LogP contribution in [0.1, 0.15) is 22.5 Å². The number of rotatable bonds is 2. The van der Waals surface area contributed by atoms with Crippen LogP contribution in [0.15, 0.2) is 42.6 Å². The third-order valence-corrected chi connectivity index (χ3v) is 3.45. The predicted molar refractivity (Wildman–Crippen MR) is 89.7 cm³/mol. The first-order valence-corrected chi connectivity index (χ1v) is 7.40. The second kappa shape index (κ2) is 6.86. The lowest BCUT2D eigenvalue weighted by Crippen LogP contribution is -2.01. The average molecular weight is 332 g/mol. The van der Waals surface area contributed by atoms with Gasteiger partial charge in [0.05, 0.1) is 30.1 Å². The number of nitriles is 1. The fraction of sp³-hybridized carbons (Fsp3) is 0.105. The second-order valence-corrected chi connectivity index (χ2v) is 5.16. The van der Waals surface area contributed by atoms with Crippen molar-refractivity contribution in [2.24, 2.45) is 0 Å². The average Bonchev–Trinajstić information content (AvgIpc) is 2.95. The van der Waals surface area contributed by atoms with Crippen LogP contribution in [0.4, 0.5) is 4.39 Å². The first-order chi connectivity index (χ1) is 12.1. The zero-order chi connectivity index (χ0) is 17.8. The van der Waals surface area contributed by atoms with Gasteiger partial charge in [-0.1, -0.05) is 12.0 Å². The molecule has 5 nitrogen and oxygen atoms in total. The summed E-state index contributed by atoms with van der Waals surface area (Å²) in [6.07, 6.45) is 1.66. The number of benzene rings is 1. The maximum atomic E-state index is 13.7. The van der Waals surface area contributed by atoms with Gasteiger partial charge in [0.25, 0.3) is 0 Å². The highest BCUT2D eigenvalue weighted by atomic mass is 19.1. The largest absolute Gasteiger partial charge is 0.480 e. The van der Waals surface area contributed by atoms with E-state index in [0.29, 0.717) is 28.5 Å². The molecule has 0 atom stereocenters. The molecular weight excluding hydrogens is 319 g/mol. The van der Waals surface area contributed by atoms with E-state index in [1.54, 1.807) is 19.2 Å². The smallest absolute Gasteiger partial charge is 0.232 e. The number of aryl methyl sites for hydroxylation is 1. The van der Waals surface area contributed by atoms with Gasteiger partial charge in [-0.3, -0.25) is 0 Å². The quantitative estimate of drug-likeness (QED) is 0.677. The molecule has 6 heteroatoms. The Bertz CT molecular complexity index is 1020. The van der Waals surface area contributed by atoms with Crippen molar-refractivity contribution < 1.29 is 9.13 Å². The zero-order valence-corrected chi connectivity index (χ0v) is 13.6. The molecule has 0 aliphatic carbocycles. The standard InChI is InChI=1S/C19H13FN4O/c1-13-18(7-6-16-5-3-4-8-22-16)19(25-2)24(23-13)17-10-14(12-21)9-15(20)11-17/h3-5,8-11H,1-2H3. The molecule has 2 aromatic heterocycles. The molecule has 1 aromatic carbocycles. The molecule has 0 bridgehead atoms. The molecule has 0 amide bonds. The Morgan fingerprint density at radius 3 is 2.72 bits per heavy atom. The van der Waals surface area contributed by atoms with Crippen LogP contribution in [0, 0.1) is 35.9 Å². The van der Waals surface area contributed by atoms with E-state index in [1.807, 2.05) is 18.2 Å². The molecule has 3 aromatic rings. The van der Waals surface area contributed by atoms with Crippen molar-refractivity contribution in [1.29, 1.82) is 5.26 Å². The van der Waals surface area contributed by atoms with Gasteiger partial charge in [-0.05, 0) is 43.2 Å². The predicted octanol–water partition coefficient (Wildman–Crippen LogP) is 2.99. The van der Waals surface area contributed by atoms with E-state index >= 15 is 0 Å². The second-order valence-electron chi connectivity index (χ2n) is 5.16. The molecule has 0 saturated heterocycles. The Hall–Kier alpha value is -3.64. The highest BCUT2D eigenvalue weighted by Gasteiger charge is 2.17. The van der Waals surface area contributed by atoms with Crippen LogP contribution in [-0.4, -0.2) is 21.9 Å². The number of halogens is 1.